The van der Waals surface area contributed by atoms with Gasteiger partial charge in [0.2, 0.25) is 10.0 Å². The monoisotopic (exact) mass is 366 g/mol. The van der Waals surface area contributed by atoms with E-state index in [1.807, 2.05) is 6.92 Å². The summed E-state index contributed by atoms with van der Waals surface area (Å²) in [5.74, 6) is -0.625. The summed E-state index contributed by atoms with van der Waals surface area (Å²) in [5.41, 5.74) is 0.995. The maximum atomic E-state index is 12.6. The van der Waals surface area contributed by atoms with E-state index in [4.69, 9.17) is 4.74 Å². The van der Waals surface area contributed by atoms with Gasteiger partial charge >= 0.3 is 5.97 Å². The van der Waals surface area contributed by atoms with Crippen LogP contribution in [0.15, 0.2) is 29.2 Å². The van der Waals surface area contributed by atoms with Crippen molar-refractivity contribution >= 4 is 21.9 Å². The summed E-state index contributed by atoms with van der Waals surface area (Å²) in [4.78, 5) is 25.4. The van der Waals surface area contributed by atoms with Crippen LogP contribution in [0.4, 0.5) is 0 Å². The molecule has 3 rings (SSSR count). The van der Waals surface area contributed by atoms with Crippen LogP contribution in [0, 0.1) is 12.8 Å². The van der Waals surface area contributed by atoms with Crippen molar-refractivity contribution in [1.29, 1.82) is 0 Å². The minimum Gasteiger partial charge on any atom is -0.455 e. The quantitative estimate of drug-likeness (QED) is 0.719. The SMILES string of the molecule is Cc1ccc(S(=O)(=O)N2CCN(C(=O)COC(=O)C3CC3)CC2)cc1. The summed E-state index contributed by atoms with van der Waals surface area (Å²) in [5, 5.41) is 0. The lowest BCUT2D eigenvalue weighted by molar-refractivity contribution is -0.153. The molecule has 25 heavy (non-hydrogen) atoms. The molecule has 1 saturated heterocycles. The Kier molecular flexibility index (Phi) is 5.10. The fourth-order valence-electron chi connectivity index (χ4n) is 2.70. The minimum absolute atomic E-state index is 0.0377. The molecule has 0 N–H and O–H groups in total. The van der Waals surface area contributed by atoms with E-state index in [-0.39, 0.29) is 42.4 Å². The van der Waals surface area contributed by atoms with Gasteiger partial charge in [-0.05, 0) is 31.9 Å². The molecule has 0 atom stereocenters. The van der Waals surface area contributed by atoms with E-state index in [0.29, 0.717) is 13.1 Å². The molecule has 1 aromatic rings. The summed E-state index contributed by atoms with van der Waals surface area (Å²) in [7, 11) is -3.55. The Morgan fingerprint density at radius 3 is 2.24 bits per heavy atom. The molecule has 0 spiro atoms. The van der Waals surface area contributed by atoms with Gasteiger partial charge in [0, 0.05) is 26.2 Å². The molecule has 1 heterocycles. The number of piperazine rings is 1. The third-order valence-corrected chi connectivity index (χ3v) is 6.41. The van der Waals surface area contributed by atoms with Gasteiger partial charge in [0.15, 0.2) is 6.61 Å². The van der Waals surface area contributed by atoms with E-state index in [1.165, 1.54) is 4.31 Å². The lowest BCUT2D eigenvalue weighted by Crippen LogP contribution is -2.51. The number of carbonyl (C=O) groups is 2. The van der Waals surface area contributed by atoms with Crippen LogP contribution < -0.4 is 0 Å². The van der Waals surface area contributed by atoms with Crippen LogP contribution >= 0.6 is 0 Å². The number of amides is 1. The maximum Gasteiger partial charge on any atom is 0.309 e. The largest absolute Gasteiger partial charge is 0.455 e. The molecular weight excluding hydrogens is 344 g/mol. The van der Waals surface area contributed by atoms with Crippen LogP contribution in [0.1, 0.15) is 18.4 Å². The van der Waals surface area contributed by atoms with Crippen LogP contribution in [0.25, 0.3) is 0 Å². The van der Waals surface area contributed by atoms with Crippen molar-refractivity contribution in [1.82, 2.24) is 9.21 Å². The van der Waals surface area contributed by atoms with E-state index < -0.39 is 10.0 Å². The molecule has 0 radical (unpaired) electrons. The minimum atomic E-state index is -3.55. The summed E-state index contributed by atoms with van der Waals surface area (Å²) < 4.78 is 31.6. The molecular formula is C17H22N2O5S. The first-order valence-electron chi connectivity index (χ1n) is 8.39. The Labute approximate surface area is 147 Å². The zero-order chi connectivity index (χ0) is 18.0. The first-order chi connectivity index (χ1) is 11.9. The fourth-order valence-corrected chi connectivity index (χ4v) is 4.12. The third kappa shape index (κ3) is 4.19. The van der Waals surface area contributed by atoms with Gasteiger partial charge in [-0.15, -0.1) is 0 Å². The molecule has 0 unspecified atom stereocenters. The molecule has 1 aromatic carbocycles. The highest BCUT2D eigenvalue weighted by Crippen LogP contribution is 2.30. The van der Waals surface area contributed by atoms with Gasteiger partial charge in [0.1, 0.15) is 0 Å². The zero-order valence-corrected chi connectivity index (χ0v) is 15.0. The second-order valence-electron chi connectivity index (χ2n) is 6.48. The van der Waals surface area contributed by atoms with Crippen LogP contribution in [-0.4, -0.2) is 62.3 Å². The smallest absolute Gasteiger partial charge is 0.309 e. The van der Waals surface area contributed by atoms with Crippen molar-refractivity contribution < 1.29 is 22.7 Å². The summed E-state index contributed by atoms with van der Waals surface area (Å²) >= 11 is 0. The molecule has 1 aliphatic carbocycles. The summed E-state index contributed by atoms with van der Waals surface area (Å²) in [6.07, 6.45) is 1.67. The van der Waals surface area contributed by atoms with Crippen molar-refractivity contribution in [2.45, 2.75) is 24.7 Å². The number of sulfonamides is 1. The van der Waals surface area contributed by atoms with Gasteiger partial charge in [-0.1, -0.05) is 17.7 Å². The number of aryl methyl sites for hydroxylation is 1. The predicted molar refractivity (Wildman–Crippen MR) is 90.2 cm³/mol. The Balaban J connectivity index is 1.53. The van der Waals surface area contributed by atoms with Gasteiger partial charge in [0.25, 0.3) is 5.91 Å². The second kappa shape index (κ2) is 7.13. The van der Waals surface area contributed by atoms with E-state index in [0.717, 1.165) is 18.4 Å². The molecule has 1 aliphatic heterocycles. The standard InChI is InChI=1S/C17H22N2O5S/c1-13-2-6-15(7-3-13)25(22,23)19-10-8-18(9-11-19)16(20)12-24-17(21)14-4-5-14/h2-3,6-7,14H,4-5,8-12H2,1H3. The van der Waals surface area contributed by atoms with Crippen molar-refractivity contribution in [3.8, 4) is 0 Å². The van der Waals surface area contributed by atoms with Crippen LogP contribution in [-0.2, 0) is 24.3 Å². The van der Waals surface area contributed by atoms with E-state index in [1.54, 1.807) is 29.2 Å². The average molecular weight is 366 g/mol. The van der Waals surface area contributed by atoms with Crippen molar-refractivity contribution in [3.05, 3.63) is 29.8 Å². The molecule has 0 bridgehead atoms. The number of benzene rings is 1. The first kappa shape index (κ1) is 17.9. The highest BCUT2D eigenvalue weighted by molar-refractivity contribution is 7.89. The number of hydrogen-bond acceptors (Lipinski definition) is 5. The Bertz CT molecular complexity index is 748. The number of ether oxygens (including phenoxy) is 1. The number of carbonyl (C=O) groups excluding carboxylic acids is 2. The van der Waals surface area contributed by atoms with Crippen molar-refractivity contribution in [2.24, 2.45) is 5.92 Å². The average Bonchev–Trinajstić information content (AvgIpc) is 3.45. The molecule has 1 saturated carbocycles. The number of hydrogen-bond donors (Lipinski definition) is 0. The van der Waals surface area contributed by atoms with Crippen molar-refractivity contribution in [3.63, 3.8) is 0 Å². The van der Waals surface area contributed by atoms with Crippen molar-refractivity contribution in [2.75, 3.05) is 32.8 Å². The normalized spacial score (nSPS) is 18.8. The molecule has 2 aliphatic rings. The van der Waals surface area contributed by atoms with Crippen LogP contribution in [0.5, 0.6) is 0 Å². The highest BCUT2D eigenvalue weighted by atomic mass is 32.2. The maximum absolute atomic E-state index is 12.6. The first-order valence-corrected chi connectivity index (χ1v) is 9.83. The molecule has 8 heteroatoms. The lowest BCUT2D eigenvalue weighted by Gasteiger charge is -2.33. The van der Waals surface area contributed by atoms with E-state index in [9.17, 15) is 18.0 Å². The van der Waals surface area contributed by atoms with Gasteiger partial charge in [0.05, 0.1) is 10.8 Å². The van der Waals surface area contributed by atoms with Crippen LogP contribution in [0.3, 0.4) is 0 Å². The second-order valence-corrected chi connectivity index (χ2v) is 8.42. The molecule has 136 valence electrons. The number of esters is 1. The summed E-state index contributed by atoms with van der Waals surface area (Å²) in [6.45, 7) is 2.70. The topological polar surface area (TPSA) is 84.0 Å². The van der Waals surface area contributed by atoms with Gasteiger partial charge < -0.3 is 9.64 Å². The lowest BCUT2D eigenvalue weighted by atomic mass is 10.2. The number of nitrogens with zero attached hydrogens (tertiary/aromatic N) is 2. The Morgan fingerprint density at radius 1 is 1.08 bits per heavy atom. The highest BCUT2D eigenvalue weighted by Gasteiger charge is 2.33. The fraction of sp³-hybridized carbons (Fsp3) is 0.529. The Morgan fingerprint density at radius 2 is 1.68 bits per heavy atom. The summed E-state index contributed by atoms with van der Waals surface area (Å²) in [6, 6.07) is 6.72. The molecule has 2 fully saturated rings. The predicted octanol–water partition coefficient (Wildman–Crippen LogP) is 0.781. The van der Waals surface area contributed by atoms with Gasteiger partial charge in [-0.25, -0.2) is 8.42 Å². The Hall–Kier alpha value is -1.93. The third-order valence-electron chi connectivity index (χ3n) is 4.50. The van der Waals surface area contributed by atoms with E-state index in [2.05, 4.69) is 0 Å². The van der Waals surface area contributed by atoms with E-state index >= 15 is 0 Å². The van der Waals surface area contributed by atoms with Gasteiger partial charge in [-0.2, -0.15) is 4.31 Å². The van der Waals surface area contributed by atoms with Crippen LogP contribution in [0.2, 0.25) is 0 Å². The van der Waals surface area contributed by atoms with Gasteiger partial charge in [-0.3, -0.25) is 9.59 Å². The molecule has 0 aromatic heterocycles. The molecule has 1 amide bonds. The molecule has 7 nitrogen and oxygen atoms in total. The number of rotatable bonds is 5. The zero-order valence-electron chi connectivity index (χ0n) is 14.2.